The molecule has 0 bridgehead atoms. The molecule has 5 N–H and O–H groups in total. The van der Waals surface area contributed by atoms with Gasteiger partial charge in [-0.2, -0.15) is 4.98 Å². The summed E-state index contributed by atoms with van der Waals surface area (Å²) < 4.78 is 2.20. The molecule has 1 unspecified atom stereocenters. The molecule has 2 aromatic rings. The summed E-state index contributed by atoms with van der Waals surface area (Å²) in [6.45, 7) is 0.839. The molecule has 0 aliphatic rings. The van der Waals surface area contributed by atoms with Gasteiger partial charge in [0, 0.05) is 0 Å². The first-order valence-electron chi connectivity index (χ1n) is 6.00. The minimum Gasteiger partial charge on any atom is -1.00 e. The Balaban J connectivity index is 0.00000200. The van der Waals surface area contributed by atoms with E-state index >= 15 is 0 Å². The number of aromatic nitrogens is 4. The Hall–Kier alpha value is -1.64. The maximum Gasteiger partial charge on any atom is 0.225 e. The highest BCUT2D eigenvalue weighted by molar-refractivity contribution is 5.80. The molecule has 20 heavy (non-hydrogen) atoms. The van der Waals surface area contributed by atoms with Crippen molar-refractivity contribution in [2.45, 2.75) is 12.6 Å². The molecule has 1 atom stereocenters. The number of H-pyrrole nitrogens is 1. The molecule has 0 saturated carbocycles. The van der Waals surface area contributed by atoms with Crippen molar-refractivity contribution in [3.05, 3.63) is 11.9 Å². The standard InChI is InChI=1S/C11H20N7O.ClH/c1-18(2,3)5-7(19)4-17-10-8(14-6-15-10)9(12)16-11(17)13;/h6-7,19H,4-5H2,1-3H3,(H,14,15)(H3,12,13,16);1H/q+1;/p-1. The van der Waals surface area contributed by atoms with Gasteiger partial charge < -0.3 is 32.7 Å². The number of halogens is 1. The molecule has 0 aliphatic carbocycles. The smallest absolute Gasteiger partial charge is 0.225 e. The van der Waals surface area contributed by atoms with E-state index in [2.05, 4.69) is 15.0 Å². The zero-order valence-corrected chi connectivity index (χ0v) is 12.5. The van der Waals surface area contributed by atoms with Crippen LogP contribution in [0.4, 0.5) is 5.82 Å². The highest BCUT2D eigenvalue weighted by Gasteiger charge is 2.18. The highest BCUT2D eigenvalue weighted by atomic mass is 35.5. The number of nitrogen functional groups attached to an aromatic ring is 1. The summed E-state index contributed by atoms with van der Waals surface area (Å²) in [4.78, 5) is 11.0. The molecule has 8 nitrogen and oxygen atoms in total. The van der Waals surface area contributed by atoms with Crippen molar-refractivity contribution in [1.82, 2.24) is 19.5 Å². The van der Waals surface area contributed by atoms with Crippen LogP contribution in [-0.4, -0.2) is 62.9 Å². The van der Waals surface area contributed by atoms with Gasteiger partial charge in [-0.1, -0.05) is 0 Å². The number of quaternary nitrogens is 1. The molecule has 0 saturated heterocycles. The topological polar surface area (TPSA) is 117 Å². The Morgan fingerprint density at radius 2 is 2.15 bits per heavy atom. The number of nitrogens with zero attached hydrogens (tertiary/aromatic N) is 4. The van der Waals surface area contributed by atoms with Crippen molar-refractivity contribution in [2.24, 2.45) is 0 Å². The predicted molar refractivity (Wildman–Crippen MR) is 71.1 cm³/mol. The number of aliphatic hydroxyl groups excluding tert-OH is 1. The van der Waals surface area contributed by atoms with Crippen LogP contribution in [0.2, 0.25) is 0 Å². The van der Waals surface area contributed by atoms with Gasteiger partial charge in [0.1, 0.15) is 18.2 Å². The lowest BCUT2D eigenvalue weighted by Crippen LogP contribution is -3.00. The minimum absolute atomic E-state index is 0. The van der Waals surface area contributed by atoms with Gasteiger partial charge in [0.05, 0.1) is 34.0 Å². The number of hydrogen-bond donors (Lipinski definition) is 4. The number of rotatable bonds is 4. The number of aliphatic hydroxyl groups is 1. The molecule has 9 heteroatoms. The number of hydrogen-bond acceptors (Lipinski definition) is 5. The summed E-state index contributed by atoms with van der Waals surface area (Å²) in [5, 5.41) is 18.0. The third-order valence-corrected chi connectivity index (χ3v) is 2.76. The number of anilines is 1. The van der Waals surface area contributed by atoms with Crippen LogP contribution >= 0.6 is 0 Å². The monoisotopic (exact) mass is 301 g/mol. The van der Waals surface area contributed by atoms with Crippen LogP contribution < -0.4 is 23.8 Å². The zero-order valence-electron chi connectivity index (χ0n) is 11.8. The average molecular weight is 302 g/mol. The van der Waals surface area contributed by atoms with E-state index in [0.717, 1.165) is 0 Å². The van der Waals surface area contributed by atoms with E-state index in [4.69, 9.17) is 11.1 Å². The maximum absolute atomic E-state index is 10.1. The Labute approximate surface area is 122 Å². The molecule has 0 spiro atoms. The van der Waals surface area contributed by atoms with Crippen molar-refractivity contribution in [3.8, 4) is 0 Å². The quantitative estimate of drug-likeness (QED) is 0.429. The zero-order chi connectivity index (χ0) is 14.2. The number of aromatic amines is 1. The molecule has 0 amide bonds. The lowest BCUT2D eigenvalue weighted by atomic mass is 10.3. The summed E-state index contributed by atoms with van der Waals surface area (Å²) in [5.74, 6) is 0.245. The van der Waals surface area contributed by atoms with Crippen molar-refractivity contribution in [2.75, 3.05) is 33.4 Å². The number of imidazole rings is 1. The third kappa shape index (κ3) is 3.47. The van der Waals surface area contributed by atoms with Crippen LogP contribution in [-0.2, 0) is 6.54 Å². The van der Waals surface area contributed by atoms with E-state index in [1.54, 1.807) is 4.57 Å². The van der Waals surface area contributed by atoms with E-state index in [1.165, 1.54) is 6.33 Å². The van der Waals surface area contributed by atoms with Gasteiger partial charge >= 0.3 is 0 Å². The Morgan fingerprint density at radius 1 is 1.50 bits per heavy atom. The maximum atomic E-state index is 10.1. The van der Waals surface area contributed by atoms with Crippen LogP contribution in [0.1, 0.15) is 0 Å². The van der Waals surface area contributed by atoms with Crippen molar-refractivity contribution < 1.29 is 22.0 Å². The van der Waals surface area contributed by atoms with Gasteiger partial charge in [-0.05, 0) is 0 Å². The predicted octanol–water partition coefficient (Wildman–Crippen LogP) is -4.11. The lowest BCUT2D eigenvalue weighted by Gasteiger charge is -2.27. The largest absolute Gasteiger partial charge is 1.00 e. The highest BCUT2D eigenvalue weighted by Crippen LogP contribution is 2.12. The van der Waals surface area contributed by atoms with E-state index < -0.39 is 6.10 Å². The molecule has 0 radical (unpaired) electrons. The fourth-order valence-electron chi connectivity index (χ4n) is 2.08. The number of nitrogens with two attached hydrogens (primary N) is 1. The molecular weight excluding hydrogens is 282 g/mol. The minimum atomic E-state index is -0.584. The first kappa shape index (κ1) is 16.4. The first-order valence-corrected chi connectivity index (χ1v) is 6.00. The Morgan fingerprint density at radius 3 is 2.75 bits per heavy atom. The number of nitrogens with one attached hydrogen (secondary N) is 2. The third-order valence-electron chi connectivity index (χ3n) is 2.76. The van der Waals surface area contributed by atoms with Crippen LogP contribution in [0.15, 0.2) is 6.33 Å². The summed E-state index contributed by atoms with van der Waals surface area (Å²) in [6.07, 6.45) is 0.921. The van der Waals surface area contributed by atoms with Gasteiger partial charge in [0.15, 0.2) is 11.5 Å². The lowest BCUT2D eigenvalue weighted by molar-refractivity contribution is -0.873. The summed E-state index contributed by atoms with van der Waals surface area (Å²) >= 11 is 0. The summed E-state index contributed by atoms with van der Waals surface area (Å²) in [7, 11) is 6.00. The van der Waals surface area contributed by atoms with E-state index in [0.29, 0.717) is 22.2 Å². The van der Waals surface area contributed by atoms with Crippen molar-refractivity contribution >= 4 is 17.0 Å². The average Bonchev–Trinajstić information content (AvgIpc) is 2.70. The second-order valence-electron chi connectivity index (χ2n) is 5.66. The van der Waals surface area contributed by atoms with E-state index in [-0.39, 0.29) is 30.4 Å². The van der Waals surface area contributed by atoms with Gasteiger partial charge in [0.25, 0.3) is 0 Å². The SMILES string of the molecule is C[N+](C)(C)CC(O)Cn1c(=N)nc(N)c2[nH]cnc21.[Cl-]. The fraction of sp³-hybridized carbons (Fsp3) is 0.545. The van der Waals surface area contributed by atoms with Crippen LogP contribution in [0.5, 0.6) is 0 Å². The Bertz CT molecular complexity index is 642. The number of likely N-dealkylation sites (N-methyl/N-ethyl adjacent to an activating group) is 1. The Kier molecular flexibility index (Phi) is 4.74. The summed E-state index contributed by atoms with van der Waals surface area (Å²) in [6, 6.07) is 0. The van der Waals surface area contributed by atoms with Crippen molar-refractivity contribution in [3.63, 3.8) is 0 Å². The molecule has 112 valence electrons. The normalized spacial score (nSPS) is 13.2. The molecular formula is C11H20ClN7O. The molecule has 0 aromatic carbocycles. The molecule has 2 aromatic heterocycles. The second kappa shape index (κ2) is 5.78. The van der Waals surface area contributed by atoms with E-state index in [9.17, 15) is 5.11 Å². The molecule has 2 heterocycles. The number of fused-ring (bicyclic) bond motifs is 1. The van der Waals surface area contributed by atoms with Gasteiger partial charge in [-0.15, -0.1) is 0 Å². The molecule has 2 rings (SSSR count). The summed E-state index contributed by atoms with van der Waals surface area (Å²) in [5.41, 5.74) is 6.85. The molecule has 0 fully saturated rings. The van der Waals surface area contributed by atoms with Gasteiger partial charge in [-0.3, -0.25) is 9.98 Å². The second-order valence-corrected chi connectivity index (χ2v) is 5.66. The van der Waals surface area contributed by atoms with Gasteiger partial charge in [0.2, 0.25) is 5.62 Å². The fourth-order valence-corrected chi connectivity index (χ4v) is 2.08. The van der Waals surface area contributed by atoms with Crippen LogP contribution in [0.25, 0.3) is 11.2 Å². The van der Waals surface area contributed by atoms with E-state index in [1.807, 2.05) is 21.1 Å². The first-order chi connectivity index (χ1) is 8.78. The van der Waals surface area contributed by atoms with Crippen LogP contribution in [0.3, 0.4) is 0 Å². The van der Waals surface area contributed by atoms with Crippen molar-refractivity contribution in [1.29, 1.82) is 5.41 Å². The van der Waals surface area contributed by atoms with Gasteiger partial charge in [-0.25, -0.2) is 4.98 Å². The molecule has 0 aliphatic heterocycles. The van der Waals surface area contributed by atoms with Crippen LogP contribution in [0, 0.1) is 5.41 Å².